The number of methoxy groups -OCH3 is 1. The highest BCUT2D eigenvalue weighted by atomic mass is 35.5. The van der Waals surface area contributed by atoms with Crippen molar-refractivity contribution in [3.8, 4) is 22.6 Å². The largest absolute Gasteiger partial charge is 0.495 e. The van der Waals surface area contributed by atoms with Gasteiger partial charge in [0, 0.05) is 19.8 Å². The summed E-state index contributed by atoms with van der Waals surface area (Å²) < 4.78 is 36.8. The molecule has 9 heteroatoms. The molecule has 0 bridgehead atoms. The van der Waals surface area contributed by atoms with E-state index in [0.717, 1.165) is 15.4 Å². The smallest absolute Gasteiger partial charge is 0.262 e. The second kappa shape index (κ2) is 10.0. The highest BCUT2D eigenvalue weighted by molar-refractivity contribution is 7.89. The molecule has 0 heterocycles. The number of sulfonamides is 1. The van der Waals surface area contributed by atoms with Crippen LogP contribution in [0.25, 0.3) is 11.1 Å². The van der Waals surface area contributed by atoms with Gasteiger partial charge in [-0.1, -0.05) is 48.0 Å². The minimum Gasteiger partial charge on any atom is -0.495 e. The van der Waals surface area contributed by atoms with Crippen LogP contribution in [0, 0.1) is 0 Å². The van der Waals surface area contributed by atoms with Crippen LogP contribution in [0.4, 0.5) is 5.69 Å². The van der Waals surface area contributed by atoms with Gasteiger partial charge in [0.05, 0.1) is 12.1 Å². The first-order valence-corrected chi connectivity index (χ1v) is 11.4. The van der Waals surface area contributed by atoms with Crippen LogP contribution in [0.3, 0.4) is 0 Å². The summed E-state index contributed by atoms with van der Waals surface area (Å²) in [5, 5.41) is 3.00. The van der Waals surface area contributed by atoms with Crippen molar-refractivity contribution in [1.29, 1.82) is 0 Å². The average molecular weight is 475 g/mol. The van der Waals surface area contributed by atoms with E-state index in [9.17, 15) is 13.2 Å². The number of carbonyl (C=O) groups is 1. The molecule has 1 N–H and O–H groups in total. The topological polar surface area (TPSA) is 84.9 Å². The number of hydrogen-bond donors (Lipinski definition) is 1. The molecule has 0 fully saturated rings. The van der Waals surface area contributed by atoms with E-state index in [2.05, 4.69) is 5.32 Å². The van der Waals surface area contributed by atoms with Crippen LogP contribution in [0.1, 0.15) is 0 Å². The van der Waals surface area contributed by atoms with Crippen molar-refractivity contribution in [2.75, 3.05) is 33.1 Å². The molecule has 0 radical (unpaired) electrons. The van der Waals surface area contributed by atoms with Crippen LogP contribution in [-0.2, 0) is 14.8 Å². The van der Waals surface area contributed by atoms with Gasteiger partial charge in [-0.3, -0.25) is 4.79 Å². The fourth-order valence-corrected chi connectivity index (χ4v) is 4.23. The Kier molecular flexibility index (Phi) is 7.40. The summed E-state index contributed by atoms with van der Waals surface area (Å²) in [4.78, 5) is 12.3. The Labute approximate surface area is 192 Å². The van der Waals surface area contributed by atoms with Crippen molar-refractivity contribution >= 4 is 33.2 Å². The Morgan fingerprint density at radius 3 is 2.28 bits per heavy atom. The van der Waals surface area contributed by atoms with Crippen molar-refractivity contribution < 1.29 is 22.7 Å². The van der Waals surface area contributed by atoms with E-state index in [1.165, 1.54) is 33.3 Å². The molecule has 0 atom stereocenters. The number of ether oxygens (including phenoxy) is 2. The van der Waals surface area contributed by atoms with Crippen LogP contribution in [0.5, 0.6) is 11.5 Å². The molecular weight excluding hydrogens is 452 g/mol. The molecule has 0 saturated heterocycles. The summed E-state index contributed by atoms with van der Waals surface area (Å²) in [6.45, 7) is -0.299. The maximum Gasteiger partial charge on any atom is 0.262 e. The van der Waals surface area contributed by atoms with Crippen molar-refractivity contribution in [3.05, 3.63) is 71.8 Å². The lowest BCUT2D eigenvalue weighted by Crippen LogP contribution is -2.24. The van der Waals surface area contributed by atoms with Crippen LogP contribution >= 0.6 is 11.6 Å². The second-order valence-corrected chi connectivity index (χ2v) is 9.53. The molecule has 3 rings (SSSR count). The molecule has 1 amide bonds. The van der Waals surface area contributed by atoms with E-state index in [0.29, 0.717) is 16.5 Å². The fourth-order valence-electron chi connectivity index (χ4n) is 2.92. The van der Waals surface area contributed by atoms with E-state index in [-0.39, 0.29) is 17.3 Å². The molecule has 0 aromatic heterocycles. The molecule has 168 valence electrons. The molecule has 0 spiro atoms. The van der Waals surface area contributed by atoms with Gasteiger partial charge in [0.2, 0.25) is 10.0 Å². The van der Waals surface area contributed by atoms with Crippen LogP contribution in [0.15, 0.2) is 71.6 Å². The van der Waals surface area contributed by atoms with Crippen molar-refractivity contribution in [2.24, 2.45) is 0 Å². The zero-order chi connectivity index (χ0) is 23.3. The van der Waals surface area contributed by atoms with E-state index in [1.807, 2.05) is 36.4 Å². The van der Waals surface area contributed by atoms with Gasteiger partial charge in [-0.15, -0.1) is 0 Å². The lowest BCUT2D eigenvalue weighted by atomic mass is 10.1. The van der Waals surface area contributed by atoms with E-state index in [1.54, 1.807) is 18.2 Å². The van der Waals surface area contributed by atoms with Crippen molar-refractivity contribution in [3.63, 3.8) is 0 Å². The van der Waals surface area contributed by atoms with Crippen molar-refractivity contribution in [1.82, 2.24) is 4.31 Å². The summed E-state index contributed by atoms with van der Waals surface area (Å²) in [6, 6.07) is 19.4. The van der Waals surface area contributed by atoms with Crippen LogP contribution in [0.2, 0.25) is 5.02 Å². The number of nitrogens with zero attached hydrogens (tertiary/aromatic N) is 1. The monoisotopic (exact) mass is 474 g/mol. The fraction of sp³-hybridized carbons (Fsp3) is 0.174. The second-order valence-electron chi connectivity index (χ2n) is 7.00. The molecule has 0 aliphatic carbocycles. The Morgan fingerprint density at radius 1 is 0.969 bits per heavy atom. The van der Waals surface area contributed by atoms with Gasteiger partial charge in [0.25, 0.3) is 5.91 Å². The van der Waals surface area contributed by atoms with E-state index in [4.69, 9.17) is 21.1 Å². The number of amides is 1. The quantitative estimate of drug-likeness (QED) is 0.526. The summed E-state index contributed by atoms with van der Waals surface area (Å²) in [7, 11) is 0.455. The predicted molar refractivity (Wildman–Crippen MR) is 125 cm³/mol. The summed E-state index contributed by atoms with van der Waals surface area (Å²) in [5.74, 6) is 0.0805. The summed E-state index contributed by atoms with van der Waals surface area (Å²) >= 11 is 6.31. The molecule has 0 saturated carbocycles. The molecule has 32 heavy (non-hydrogen) atoms. The summed E-state index contributed by atoms with van der Waals surface area (Å²) in [5.41, 5.74) is 2.24. The highest BCUT2D eigenvalue weighted by Crippen LogP contribution is 2.31. The first-order chi connectivity index (χ1) is 15.2. The Morgan fingerprint density at radius 2 is 1.66 bits per heavy atom. The number of halogens is 1. The molecule has 0 aliphatic heterocycles. The zero-order valence-electron chi connectivity index (χ0n) is 17.8. The number of benzene rings is 3. The SMILES string of the molecule is COc1ccc(NC(=O)COc2ccc(-c3ccccc3)cc2Cl)cc1S(=O)(=O)N(C)C. The third kappa shape index (κ3) is 5.40. The standard InChI is InChI=1S/C23H23ClN2O5S/c1-26(2)32(28,29)22-14-18(10-12-21(22)30-3)25-23(27)15-31-20-11-9-17(13-19(20)24)16-7-5-4-6-8-16/h4-14H,15H2,1-3H3,(H,25,27). The number of anilines is 1. The van der Waals surface area contributed by atoms with Crippen LogP contribution < -0.4 is 14.8 Å². The third-order valence-corrected chi connectivity index (χ3v) is 6.74. The van der Waals surface area contributed by atoms with Gasteiger partial charge in [0.15, 0.2) is 6.61 Å². The first kappa shape index (κ1) is 23.6. The molecule has 7 nitrogen and oxygen atoms in total. The molecule has 0 unspecified atom stereocenters. The van der Waals surface area contributed by atoms with Crippen LogP contribution in [-0.4, -0.2) is 46.4 Å². The van der Waals surface area contributed by atoms with E-state index >= 15 is 0 Å². The average Bonchev–Trinajstić information content (AvgIpc) is 2.78. The number of rotatable bonds is 8. The van der Waals surface area contributed by atoms with Gasteiger partial charge < -0.3 is 14.8 Å². The highest BCUT2D eigenvalue weighted by Gasteiger charge is 2.23. The normalized spacial score (nSPS) is 11.3. The maximum absolute atomic E-state index is 12.5. The zero-order valence-corrected chi connectivity index (χ0v) is 19.4. The minimum absolute atomic E-state index is 0.0525. The molecule has 0 aliphatic rings. The lowest BCUT2D eigenvalue weighted by molar-refractivity contribution is -0.118. The van der Waals surface area contributed by atoms with Gasteiger partial charge in [0.1, 0.15) is 16.4 Å². The predicted octanol–water partition coefficient (Wildman–Crippen LogP) is 4.28. The Hall–Kier alpha value is -3.07. The Balaban J connectivity index is 1.69. The first-order valence-electron chi connectivity index (χ1n) is 9.60. The maximum atomic E-state index is 12.5. The minimum atomic E-state index is -3.76. The molecule has 3 aromatic rings. The van der Waals surface area contributed by atoms with Gasteiger partial charge in [-0.25, -0.2) is 12.7 Å². The van der Waals surface area contributed by atoms with Gasteiger partial charge >= 0.3 is 0 Å². The lowest BCUT2D eigenvalue weighted by Gasteiger charge is -2.16. The number of nitrogens with one attached hydrogen (secondary N) is 1. The molecule has 3 aromatic carbocycles. The number of carbonyl (C=O) groups excluding carboxylic acids is 1. The van der Waals surface area contributed by atoms with Gasteiger partial charge in [-0.2, -0.15) is 0 Å². The third-order valence-electron chi connectivity index (χ3n) is 4.60. The van der Waals surface area contributed by atoms with Crippen molar-refractivity contribution in [2.45, 2.75) is 4.90 Å². The molecular formula is C23H23ClN2O5S. The van der Waals surface area contributed by atoms with Gasteiger partial charge in [-0.05, 0) is 41.5 Å². The van der Waals surface area contributed by atoms with E-state index < -0.39 is 15.9 Å². The Bertz CT molecular complexity index is 1210. The summed E-state index contributed by atoms with van der Waals surface area (Å²) in [6.07, 6.45) is 0. The number of hydrogen-bond acceptors (Lipinski definition) is 5.